The number of rotatable bonds is 2. The third-order valence-electron chi connectivity index (χ3n) is 2.34. The quantitative estimate of drug-likeness (QED) is 0.808. The molecule has 0 saturated heterocycles. The number of hydrogen-bond donors (Lipinski definition) is 1. The summed E-state index contributed by atoms with van der Waals surface area (Å²) in [6, 6.07) is 3.37. The molecule has 1 atom stereocenters. The molecule has 1 aromatic carbocycles. The van der Waals surface area contributed by atoms with Gasteiger partial charge in [0, 0.05) is 6.04 Å². The van der Waals surface area contributed by atoms with Crippen molar-refractivity contribution < 1.29 is 13.2 Å². The molecule has 0 radical (unpaired) electrons. The highest BCUT2D eigenvalue weighted by Crippen LogP contribution is 2.31. The molecule has 1 aromatic rings. The first-order valence-corrected chi connectivity index (χ1v) is 4.81. The van der Waals surface area contributed by atoms with Crippen molar-refractivity contribution in [1.29, 1.82) is 0 Å². The van der Waals surface area contributed by atoms with Gasteiger partial charge in [0.1, 0.15) is 0 Å². The van der Waals surface area contributed by atoms with Crippen LogP contribution in [0.15, 0.2) is 18.2 Å². The van der Waals surface area contributed by atoms with Gasteiger partial charge < -0.3 is 5.73 Å². The number of alkyl halides is 3. The number of halogens is 3. The highest BCUT2D eigenvalue weighted by atomic mass is 19.4. The van der Waals surface area contributed by atoms with Crippen molar-refractivity contribution in [2.45, 2.75) is 32.5 Å². The van der Waals surface area contributed by atoms with Crippen LogP contribution in [-0.2, 0) is 12.6 Å². The Morgan fingerprint density at radius 2 is 1.93 bits per heavy atom. The van der Waals surface area contributed by atoms with Gasteiger partial charge in [0.05, 0.1) is 5.56 Å². The van der Waals surface area contributed by atoms with E-state index in [0.29, 0.717) is 12.0 Å². The van der Waals surface area contributed by atoms with E-state index in [1.807, 2.05) is 6.92 Å². The van der Waals surface area contributed by atoms with E-state index < -0.39 is 11.7 Å². The van der Waals surface area contributed by atoms with Crippen LogP contribution in [0.2, 0.25) is 0 Å². The Kier molecular flexibility index (Phi) is 3.39. The Hall–Kier alpha value is -1.03. The van der Waals surface area contributed by atoms with Crippen LogP contribution in [0.25, 0.3) is 0 Å². The van der Waals surface area contributed by atoms with Crippen molar-refractivity contribution in [2.24, 2.45) is 5.73 Å². The van der Waals surface area contributed by atoms with Crippen molar-refractivity contribution >= 4 is 0 Å². The molecule has 0 bridgehead atoms. The summed E-state index contributed by atoms with van der Waals surface area (Å²) in [5.74, 6) is 0. The normalized spacial score (nSPS) is 14.0. The monoisotopic (exact) mass is 217 g/mol. The molecular weight excluding hydrogens is 203 g/mol. The maximum absolute atomic E-state index is 12.4. The molecule has 1 nitrogen and oxygen atoms in total. The molecule has 4 heteroatoms. The maximum Gasteiger partial charge on any atom is 0.416 e. The summed E-state index contributed by atoms with van der Waals surface area (Å²) in [6.45, 7) is 3.59. The Balaban J connectivity index is 3.22. The second kappa shape index (κ2) is 4.23. The SMILES string of the molecule is CCc1ccc(C(F)(F)F)cc1C(C)N. The van der Waals surface area contributed by atoms with Gasteiger partial charge in [-0.3, -0.25) is 0 Å². The highest BCUT2D eigenvalue weighted by Gasteiger charge is 2.31. The van der Waals surface area contributed by atoms with E-state index in [1.54, 1.807) is 6.92 Å². The minimum Gasteiger partial charge on any atom is -0.324 e. The summed E-state index contributed by atoms with van der Waals surface area (Å²) < 4.78 is 37.3. The number of benzene rings is 1. The lowest BCUT2D eigenvalue weighted by molar-refractivity contribution is -0.137. The molecule has 0 aliphatic rings. The van der Waals surface area contributed by atoms with Gasteiger partial charge in [-0.25, -0.2) is 0 Å². The van der Waals surface area contributed by atoms with Crippen LogP contribution in [-0.4, -0.2) is 0 Å². The second-order valence-electron chi connectivity index (χ2n) is 3.55. The summed E-state index contributed by atoms with van der Waals surface area (Å²) >= 11 is 0. The summed E-state index contributed by atoms with van der Waals surface area (Å²) in [6.07, 6.45) is -3.61. The smallest absolute Gasteiger partial charge is 0.324 e. The summed E-state index contributed by atoms with van der Waals surface area (Å²) in [7, 11) is 0. The fraction of sp³-hybridized carbons (Fsp3) is 0.455. The lowest BCUT2D eigenvalue weighted by Crippen LogP contribution is -2.12. The lowest BCUT2D eigenvalue weighted by atomic mass is 9.97. The number of nitrogens with two attached hydrogens (primary N) is 1. The first kappa shape index (κ1) is 12.0. The van der Waals surface area contributed by atoms with Gasteiger partial charge in [0.25, 0.3) is 0 Å². The summed E-state index contributed by atoms with van der Waals surface area (Å²) in [5, 5.41) is 0. The molecule has 0 aromatic heterocycles. The highest BCUT2D eigenvalue weighted by molar-refractivity contribution is 5.35. The van der Waals surface area contributed by atoms with E-state index >= 15 is 0 Å². The van der Waals surface area contributed by atoms with E-state index in [1.165, 1.54) is 6.07 Å². The maximum atomic E-state index is 12.4. The largest absolute Gasteiger partial charge is 0.416 e. The van der Waals surface area contributed by atoms with Crippen LogP contribution >= 0.6 is 0 Å². The number of hydrogen-bond acceptors (Lipinski definition) is 1. The predicted octanol–water partition coefficient (Wildman–Crippen LogP) is 3.29. The zero-order valence-corrected chi connectivity index (χ0v) is 8.73. The first-order chi connectivity index (χ1) is 6.86. The van der Waals surface area contributed by atoms with E-state index in [9.17, 15) is 13.2 Å². The van der Waals surface area contributed by atoms with Crippen LogP contribution in [0.1, 0.15) is 36.6 Å². The van der Waals surface area contributed by atoms with Gasteiger partial charge in [-0.05, 0) is 36.6 Å². The van der Waals surface area contributed by atoms with Crippen molar-refractivity contribution in [3.8, 4) is 0 Å². The third-order valence-corrected chi connectivity index (χ3v) is 2.34. The Bertz CT molecular complexity index is 342. The predicted molar refractivity (Wildman–Crippen MR) is 53.4 cm³/mol. The Morgan fingerprint density at radius 3 is 2.33 bits per heavy atom. The molecule has 2 N–H and O–H groups in total. The molecule has 0 spiro atoms. The molecule has 0 fully saturated rings. The molecule has 1 rings (SSSR count). The molecule has 0 saturated carbocycles. The molecular formula is C11H14F3N. The van der Waals surface area contributed by atoms with Crippen LogP contribution in [0, 0.1) is 0 Å². The average Bonchev–Trinajstić information content (AvgIpc) is 2.15. The van der Waals surface area contributed by atoms with E-state index in [2.05, 4.69) is 0 Å². The summed E-state index contributed by atoms with van der Waals surface area (Å²) in [5.41, 5.74) is 6.45. The van der Waals surface area contributed by atoms with Crippen LogP contribution < -0.4 is 5.73 Å². The zero-order chi connectivity index (χ0) is 11.6. The third kappa shape index (κ3) is 2.72. The zero-order valence-electron chi connectivity index (χ0n) is 8.73. The molecule has 1 unspecified atom stereocenters. The van der Waals surface area contributed by atoms with Crippen molar-refractivity contribution in [3.63, 3.8) is 0 Å². The molecule has 84 valence electrons. The Labute approximate surface area is 87.1 Å². The minimum atomic E-state index is -4.30. The van der Waals surface area contributed by atoms with E-state index in [0.717, 1.165) is 17.7 Å². The number of aryl methyl sites for hydroxylation is 1. The van der Waals surface area contributed by atoms with Gasteiger partial charge in [-0.2, -0.15) is 13.2 Å². The fourth-order valence-corrected chi connectivity index (χ4v) is 1.52. The van der Waals surface area contributed by atoms with Gasteiger partial charge >= 0.3 is 6.18 Å². The molecule has 0 aliphatic carbocycles. The van der Waals surface area contributed by atoms with Crippen molar-refractivity contribution in [2.75, 3.05) is 0 Å². The molecule has 0 amide bonds. The van der Waals surface area contributed by atoms with Gasteiger partial charge in [-0.1, -0.05) is 13.0 Å². The van der Waals surface area contributed by atoms with Crippen LogP contribution in [0.5, 0.6) is 0 Å². The van der Waals surface area contributed by atoms with Crippen LogP contribution in [0.4, 0.5) is 13.2 Å². The summed E-state index contributed by atoms with van der Waals surface area (Å²) in [4.78, 5) is 0. The van der Waals surface area contributed by atoms with Crippen molar-refractivity contribution in [3.05, 3.63) is 34.9 Å². The molecule has 0 heterocycles. The fourth-order valence-electron chi connectivity index (χ4n) is 1.52. The molecule has 0 aliphatic heterocycles. The van der Waals surface area contributed by atoms with Crippen LogP contribution in [0.3, 0.4) is 0 Å². The Morgan fingerprint density at radius 1 is 1.33 bits per heavy atom. The minimum absolute atomic E-state index is 0.373. The van der Waals surface area contributed by atoms with Gasteiger partial charge in [0.2, 0.25) is 0 Å². The van der Waals surface area contributed by atoms with E-state index in [4.69, 9.17) is 5.73 Å². The van der Waals surface area contributed by atoms with E-state index in [-0.39, 0.29) is 6.04 Å². The second-order valence-corrected chi connectivity index (χ2v) is 3.55. The topological polar surface area (TPSA) is 26.0 Å². The molecule has 15 heavy (non-hydrogen) atoms. The first-order valence-electron chi connectivity index (χ1n) is 4.81. The average molecular weight is 217 g/mol. The lowest BCUT2D eigenvalue weighted by Gasteiger charge is -2.15. The van der Waals surface area contributed by atoms with Gasteiger partial charge in [-0.15, -0.1) is 0 Å². The standard InChI is InChI=1S/C11H14F3N/c1-3-8-4-5-9(11(12,13)14)6-10(8)7(2)15/h4-7H,3,15H2,1-2H3. The van der Waals surface area contributed by atoms with Crippen molar-refractivity contribution in [1.82, 2.24) is 0 Å². The van der Waals surface area contributed by atoms with Gasteiger partial charge in [0.15, 0.2) is 0 Å².